The van der Waals surface area contributed by atoms with Crippen LogP contribution in [0, 0.1) is 23.0 Å². The van der Waals surface area contributed by atoms with Gasteiger partial charge in [-0.2, -0.15) is 5.26 Å². The Labute approximate surface area is 161 Å². The Kier molecular flexibility index (Phi) is 6.41. The number of rotatable bonds is 7. The molecule has 10 heteroatoms. The van der Waals surface area contributed by atoms with Crippen molar-refractivity contribution in [3.8, 4) is 6.07 Å². The van der Waals surface area contributed by atoms with Crippen molar-refractivity contribution in [1.29, 1.82) is 5.26 Å². The molecule has 1 saturated heterocycles. The summed E-state index contributed by atoms with van der Waals surface area (Å²) in [5, 5.41) is 23.9. The number of aliphatic hydroxyl groups is 1. The number of oxazole rings is 1. The molecule has 3 N–H and O–H groups in total. The molecule has 2 heterocycles. The lowest BCUT2D eigenvalue weighted by Crippen LogP contribution is -2.46. The molecule has 0 radical (unpaired) electrons. The first kappa shape index (κ1) is 20.0. The van der Waals surface area contributed by atoms with E-state index in [0.29, 0.717) is 45.0 Å². The fraction of sp³-hybridized carbons (Fsp3) is 0.444. The van der Waals surface area contributed by atoms with Gasteiger partial charge >= 0.3 is 0 Å². The van der Waals surface area contributed by atoms with E-state index in [1.54, 1.807) is 17.2 Å². The maximum absolute atomic E-state index is 14.2. The topological polar surface area (TPSA) is 101 Å². The van der Waals surface area contributed by atoms with Gasteiger partial charge in [-0.15, -0.1) is 0 Å². The Bertz CT molecular complexity index is 822. The Morgan fingerprint density at radius 1 is 1.29 bits per heavy atom. The molecule has 1 atom stereocenters. The largest absolute Gasteiger partial charge is 0.427 e. The minimum atomic E-state index is -0.947. The number of nitrogens with one attached hydrogen (secondary N) is 2. The molecule has 2 aromatic rings. The van der Waals surface area contributed by atoms with Crippen LogP contribution in [0.3, 0.4) is 0 Å². The van der Waals surface area contributed by atoms with E-state index in [0.717, 1.165) is 12.1 Å². The summed E-state index contributed by atoms with van der Waals surface area (Å²) in [6, 6.07) is 4.06. The van der Waals surface area contributed by atoms with Gasteiger partial charge in [-0.3, -0.25) is 10.2 Å². The van der Waals surface area contributed by atoms with Gasteiger partial charge in [-0.05, 0) is 18.7 Å². The smallest absolute Gasteiger partial charge is 0.297 e. The quantitative estimate of drug-likeness (QED) is 0.609. The van der Waals surface area contributed by atoms with Crippen molar-refractivity contribution >= 4 is 11.7 Å². The van der Waals surface area contributed by atoms with Gasteiger partial charge < -0.3 is 19.7 Å². The molecule has 1 aliphatic rings. The third-order valence-electron chi connectivity index (χ3n) is 4.43. The highest BCUT2D eigenvalue weighted by Gasteiger charge is 2.24. The summed E-state index contributed by atoms with van der Waals surface area (Å²) < 4.78 is 33.9. The average Bonchev–Trinajstić information content (AvgIpc) is 3.09. The van der Waals surface area contributed by atoms with Gasteiger partial charge in [0, 0.05) is 26.2 Å². The maximum Gasteiger partial charge on any atom is 0.297 e. The monoisotopic (exact) mass is 392 g/mol. The van der Waals surface area contributed by atoms with E-state index in [-0.39, 0.29) is 17.3 Å². The zero-order valence-electron chi connectivity index (χ0n) is 15.5. The highest BCUT2D eigenvalue weighted by atomic mass is 19.1. The lowest BCUT2D eigenvalue weighted by molar-refractivity contribution is 0.163. The second-order valence-corrected chi connectivity index (χ2v) is 6.40. The lowest BCUT2D eigenvalue weighted by atomic mass is 10.1. The normalized spacial score (nSPS) is 16.0. The van der Waals surface area contributed by atoms with Crippen molar-refractivity contribution in [3.05, 3.63) is 41.3 Å². The van der Waals surface area contributed by atoms with Crippen molar-refractivity contribution in [3.63, 3.8) is 0 Å². The van der Waals surface area contributed by atoms with E-state index >= 15 is 0 Å². The van der Waals surface area contributed by atoms with Crippen LogP contribution in [0.4, 0.5) is 20.5 Å². The molecule has 0 spiro atoms. The molecule has 0 aliphatic carbocycles. The number of nitrogens with zero attached hydrogens (tertiary/aromatic N) is 4. The van der Waals surface area contributed by atoms with Crippen LogP contribution in [-0.2, 0) is 6.54 Å². The molecule has 1 unspecified atom stereocenters. The molecule has 1 fully saturated rings. The first-order valence-corrected chi connectivity index (χ1v) is 8.99. The van der Waals surface area contributed by atoms with Crippen molar-refractivity contribution in [2.75, 3.05) is 42.9 Å². The van der Waals surface area contributed by atoms with Gasteiger partial charge in [0.2, 0.25) is 0 Å². The SMILES string of the molecule is CCNC(O)Nc1ncc(CN2CCN(c3c(F)cc(C#N)cc3F)CC2)o1. The van der Waals surface area contributed by atoms with Crippen LogP contribution in [0.25, 0.3) is 0 Å². The Hall–Kier alpha value is -2.74. The van der Waals surface area contributed by atoms with Crippen molar-refractivity contribution in [1.82, 2.24) is 15.2 Å². The number of aromatic nitrogens is 1. The van der Waals surface area contributed by atoms with E-state index < -0.39 is 18.0 Å². The predicted molar refractivity (Wildman–Crippen MR) is 98.4 cm³/mol. The number of hydrogen-bond donors (Lipinski definition) is 3. The van der Waals surface area contributed by atoms with Gasteiger partial charge in [0.15, 0.2) is 18.0 Å². The molecule has 1 aromatic heterocycles. The van der Waals surface area contributed by atoms with Crippen LogP contribution < -0.4 is 15.5 Å². The zero-order valence-corrected chi connectivity index (χ0v) is 15.5. The van der Waals surface area contributed by atoms with Gasteiger partial charge in [-0.1, -0.05) is 6.92 Å². The summed E-state index contributed by atoms with van der Waals surface area (Å²) in [5.41, 5.74) is -0.131. The van der Waals surface area contributed by atoms with Crippen LogP contribution in [0.2, 0.25) is 0 Å². The van der Waals surface area contributed by atoms with E-state index in [9.17, 15) is 13.9 Å². The van der Waals surface area contributed by atoms with Gasteiger partial charge in [0.1, 0.15) is 11.4 Å². The highest BCUT2D eigenvalue weighted by molar-refractivity contribution is 5.53. The van der Waals surface area contributed by atoms with Gasteiger partial charge in [-0.25, -0.2) is 13.8 Å². The number of anilines is 2. The molecule has 0 bridgehead atoms. The van der Waals surface area contributed by atoms with Crippen molar-refractivity contribution in [2.45, 2.75) is 19.8 Å². The van der Waals surface area contributed by atoms with Gasteiger partial charge in [0.05, 0.1) is 24.4 Å². The number of halogens is 2. The average molecular weight is 392 g/mol. The Morgan fingerprint density at radius 3 is 2.57 bits per heavy atom. The molecule has 0 amide bonds. The Morgan fingerprint density at radius 2 is 1.96 bits per heavy atom. The third kappa shape index (κ3) is 4.75. The maximum atomic E-state index is 14.2. The van der Waals surface area contributed by atoms with Crippen LogP contribution in [0.15, 0.2) is 22.7 Å². The molecule has 150 valence electrons. The fourth-order valence-corrected chi connectivity index (χ4v) is 3.09. The van der Waals surface area contributed by atoms with E-state index in [1.165, 1.54) is 0 Å². The third-order valence-corrected chi connectivity index (χ3v) is 4.43. The van der Waals surface area contributed by atoms with Crippen LogP contribution in [0.1, 0.15) is 18.2 Å². The molecule has 0 saturated carbocycles. The summed E-state index contributed by atoms with van der Waals surface area (Å²) in [5.74, 6) is -0.833. The Balaban J connectivity index is 1.55. The first-order chi connectivity index (χ1) is 13.5. The summed E-state index contributed by atoms with van der Waals surface area (Å²) in [4.78, 5) is 7.79. The number of aliphatic hydroxyl groups excluding tert-OH is 1. The number of nitriles is 1. The lowest BCUT2D eigenvalue weighted by Gasteiger charge is -2.35. The molecule has 8 nitrogen and oxygen atoms in total. The van der Waals surface area contributed by atoms with Crippen molar-refractivity contribution < 1.29 is 18.3 Å². The molecule has 28 heavy (non-hydrogen) atoms. The number of benzene rings is 1. The number of piperazine rings is 1. The van der Waals surface area contributed by atoms with Crippen LogP contribution >= 0.6 is 0 Å². The minimum absolute atomic E-state index is 0.0358. The molecular weight excluding hydrogens is 370 g/mol. The molecule has 1 aromatic carbocycles. The first-order valence-electron chi connectivity index (χ1n) is 8.99. The van der Waals surface area contributed by atoms with Gasteiger partial charge in [0.25, 0.3) is 6.01 Å². The summed E-state index contributed by atoms with van der Waals surface area (Å²) in [6.07, 6.45) is 0.630. The predicted octanol–water partition coefficient (Wildman–Crippen LogP) is 1.44. The molecule has 1 aliphatic heterocycles. The van der Waals surface area contributed by atoms with E-state index in [1.807, 2.05) is 6.92 Å². The minimum Gasteiger partial charge on any atom is -0.427 e. The highest BCUT2D eigenvalue weighted by Crippen LogP contribution is 2.26. The second-order valence-electron chi connectivity index (χ2n) is 6.40. The van der Waals surface area contributed by atoms with E-state index in [4.69, 9.17) is 9.68 Å². The molecule has 3 rings (SSSR count). The summed E-state index contributed by atoms with van der Waals surface area (Å²) >= 11 is 0. The van der Waals surface area contributed by atoms with Crippen LogP contribution in [-0.4, -0.2) is 54.1 Å². The summed E-state index contributed by atoms with van der Waals surface area (Å²) in [6.45, 7) is 5.01. The van der Waals surface area contributed by atoms with Crippen molar-refractivity contribution in [2.24, 2.45) is 0 Å². The zero-order chi connectivity index (χ0) is 20.1. The summed E-state index contributed by atoms with van der Waals surface area (Å²) in [7, 11) is 0. The molecular formula is C18H22F2N6O2. The van der Waals surface area contributed by atoms with E-state index in [2.05, 4.69) is 20.5 Å². The van der Waals surface area contributed by atoms with Crippen LogP contribution in [0.5, 0.6) is 0 Å². The fourth-order valence-electron chi connectivity index (χ4n) is 3.09. The number of hydrogen-bond acceptors (Lipinski definition) is 8. The standard InChI is InChI=1S/C18H22F2N6O2/c1-2-22-17(27)24-18-23-10-13(28-18)11-25-3-5-26(6-4-25)16-14(19)7-12(9-21)8-15(16)20/h7-8,10,17,22,27H,2-6,11H2,1H3,(H,23,24). The second kappa shape index (κ2) is 8.97.